The minimum Gasteiger partial charge on any atom is -0.346 e. The average molecular weight is 374 g/mol. The number of benzene rings is 1. The van der Waals surface area contributed by atoms with Crippen LogP contribution in [0.3, 0.4) is 0 Å². The number of hydrogen-bond donors (Lipinski definition) is 3. The number of nitrogens with one attached hydrogen (secondary N) is 3. The topological polar surface area (TPSA) is 90.5 Å². The van der Waals surface area contributed by atoms with Gasteiger partial charge in [-0.2, -0.15) is 13.2 Å². The Morgan fingerprint density at radius 3 is 1.92 bits per heavy atom. The second-order valence-corrected chi connectivity index (χ2v) is 5.50. The van der Waals surface area contributed by atoms with Gasteiger partial charge in [0.05, 0.1) is 13.1 Å². The van der Waals surface area contributed by atoms with E-state index < -0.39 is 24.5 Å². The molecule has 0 fully saturated rings. The van der Waals surface area contributed by atoms with E-state index in [0.717, 1.165) is 0 Å². The van der Waals surface area contributed by atoms with Crippen LogP contribution in [0, 0.1) is 0 Å². The van der Waals surface area contributed by atoms with Gasteiger partial charge in [0.25, 0.3) is 0 Å². The monoisotopic (exact) mass is 374 g/mol. The largest absolute Gasteiger partial charge is 0.405 e. The van der Waals surface area contributed by atoms with Gasteiger partial charge in [0.15, 0.2) is 0 Å². The highest BCUT2D eigenvalue weighted by molar-refractivity contribution is 5.93. The van der Waals surface area contributed by atoms with Crippen molar-refractivity contribution in [1.29, 1.82) is 0 Å². The van der Waals surface area contributed by atoms with E-state index in [1.165, 1.54) is 11.8 Å². The molecule has 3 N–H and O–H groups in total. The van der Waals surface area contributed by atoms with Crippen molar-refractivity contribution >= 4 is 29.1 Å². The van der Waals surface area contributed by atoms with Crippen molar-refractivity contribution < 1.29 is 27.6 Å². The molecule has 3 amide bonds. The fraction of sp³-hybridized carbons (Fsp3) is 0.438. The van der Waals surface area contributed by atoms with Crippen molar-refractivity contribution in [2.24, 2.45) is 0 Å². The van der Waals surface area contributed by atoms with E-state index in [1.54, 1.807) is 36.5 Å². The smallest absolute Gasteiger partial charge is 0.346 e. The van der Waals surface area contributed by atoms with Crippen LogP contribution in [-0.2, 0) is 14.4 Å². The van der Waals surface area contributed by atoms with Crippen LogP contribution in [0.1, 0.15) is 13.8 Å². The standard InChI is InChI=1S/C16H21F3N4O3/c1-3-23(8-14(25)20-10-16(17,18)19)9-15(26)22-13-6-4-12(5-7-13)21-11(2)24/h4-7H,3,8-10H2,1-2H3,(H,20,25)(H,21,24)(H,22,26). The first kappa shape index (κ1) is 21.4. The predicted molar refractivity (Wildman–Crippen MR) is 90.6 cm³/mol. The summed E-state index contributed by atoms with van der Waals surface area (Å²) in [5.74, 6) is -1.44. The lowest BCUT2D eigenvalue weighted by molar-refractivity contribution is -0.139. The van der Waals surface area contributed by atoms with Gasteiger partial charge in [-0.15, -0.1) is 0 Å². The van der Waals surface area contributed by atoms with Crippen LogP contribution in [0.5, 0.6) is 0 Å². The zero-order valence-corrected chi connectivity index (χ0v) is 14.4. The first-order chi connectivity index (χ1) is 12.1. The SMILES string of the molecule is CCN(CC(=O)NCC(F)(F)F)CC(=O)Nc1ccc(NC(C)=O)cc1. The molecule has 0 aliphatic rings. The molecule has 7 nitrogen and oxygen atoms in total. The van der Waals surface area contributed by atoms with E-state index >= 15 is 0 Å². The molecule has 144 valence electrons. The molecule has 0 saturated carbocycles. The summed E-state index contributed by atoms with van der Waals surface area (Å²) in [6, 6.07) is 6.41. The second kappa shape index (κ2) is 9.76. The number of amides is 3. The summed E-state index contributed by atoms with van der Waals surface area (Å²) in [7, 11) is 0. The summed E-state index contributed by atoms with van der Waals surface area (Å²) in [4.78, 5) is 35.9. The number of likely N-dealkylation sites (N-methyl/N-ethyl adjacent to an activating group) is 1. The highest BCUT2D eigenvalue weighted by Gasteiger charge is 2.28. The molecule has 1 rings (SSSR count). The van der Waals surface area contributed by atoms with Gasteiger partial charge in [0.1, 0.15) is 6.54 Å². The van der Waals surface area contributed by atoms with Crippen LogP contribution in [0.15, 0.2) is 24.3 Å². The third kappa shape index (κ3) is 9.02. The van der Waals surface area contributed by atoms with Crippen molar-refractivity contribution in [2.75, 3.05) is 36.8 Å². The lowest BCUT2D eigenvalue weighted by Crippen LogP contribution is -2.43. The molecule has 1 aromatic rings. The quantitative estimate of drug-likeness (QED) is 0.645. The molecular weight excluding hydrogens is 353 g/mol. The molecule has 10 heteroatoms. The van der Waals surface area contributed by atoms with Crippen molar-refractivity contribution in [3.05, 3.63) is 24.3 Å². The Labute approximate surface area is 148 Å². The van der Waals surface area contributed by atoms with E-state index in [2.05, 4.69) is 10.6 Å². The van der Waals surface area contributed by atoms with Crippen LogP contribution in [0.4, 0.5) is 24.5 Å². The molecule has 26 heavy (non-hydrogen) atoms. The lowest BCUT2D eigenvalue weighted by atomic mass is 10.2. The average Bonchev–Trinajstić information content (AvgIpc) is 2.53. The lowest BCUT2D eigenvalue weighted by Gasteiger charge is -2.19. The Morgan fingerprint density at radius 2 is 1.46 bits per heavy atom. The number of hydrogen-bond acceptors (Lipinski definition) is 4. The fourth-order valence-corrected chi connectivity index (χ4v) is 1.98. The summed E-state index contributed by atoms with van der Waals surface area (Å²) in [5.41, 5.74) is 1.06. The maximum Gasteiger partial charge on any atom is 0.405 e. The van der Waals surface area contributed by atoms with Crippen LogP contribution >= 0.6 is 0 Å². The number of nitrogens with zero attached hydrogens (tertiary/aromatic N) is 1. The predicted octanol–water partition coefficient (Wildman–Crippen LogP) is 1.58. The first-order valence-electron chi connectivity index (χ1n) is 7.82. The molecular formula is C16H21F3N4O3. The van der Waals surface area contributed by atoms with Crippen LogP contribution < -0.4 is 16.0 Å². The number of carbonyl (C=O) groups excluding carboxylic acids is 3. The Bertz CT molecular complexity index is 633. The van der Waals surface area contributed by atoms with Gasteiger partial charge in [0.2, 0.25) is 17.7 Å². The zero-order chi connectivity index (χ0) is 19.7. The van der Waals surface area contributed by atoms with E-state index in [0.29, 0.717) is 17.9 Å². The molecule has 0 atom stereocenters. The Morgan fingerprint density at radius 1 is 0.962 bits per heavy atom. The zero-order valence-electron chi connectivity index (χ0n) is 14.4. The van der Waals surface area contributed by atoms with Crippen molar-refractivity contribution in [1.82, 2.24) is 10.2 Å². The normalized spacial score (nSPS) is 11.2. The van der Waals surface area contributed by atoms with Gasteiger partial charge in [-0.25, -0.2) is 0 Å². The van der Waals surface area contributed by atoms with Gasteiger partial charge >= 0.3 is 6.18 Å². The van der Waals surface area contributed by atoms with E-state index in [4.69, 9.17) is 0 Å². The van der Waals surface area contributed by atoms with Crippen molar-refractivity contribution in [3.63, 3.8) is 0 Å². The summed E-state index contributed by atoms with van der Waals surface area (Å²) >= 11 is 0. The fourth-order valence-electron chi connectivity index (χ4n) is 1.98. The Balaban J connectivity index is 2.48. The second-order valence-electron chi connectivity index (χ2n) is 5.50. The molecule has 0 radical (unpaired) electrons. The van der Waals surface area contributed by atoms with Crippen molar-refractivity contribution in [2.45, 2.75) is 20.0 Å². The number of halogens is 3. The van der Waals surface area contributed by atoms with Crippen LogP contribution in [0.2, 0.25) is 0 Å². The number of alkyl halides is 3. The molecule has 0 saturated heterocycles. The molecule has 0 unspecified atom stereocenters. The summed E-state index contributed by atoms with van der Waals surface area (Å²) in [6.07, 6.45) is -4.48. The van der Waals surface area contributed by atoms with Crippen LogP contribution in [-0.4, -0.2) is 55.0 Å². The maximum atomic E-state index is 12.1. The molecule has 0 spiro atoms. The third-order valence-electron chi connectivity index (χ3n) is 3.16. The summed E-state index contributed by atoms with van der Waals surface area (Å²) < 4.78 is 36.2. The van der Waals surface area contributed by atoms with E-state index in [9.17, 15) is 27.6 Å². The van der Waals surface area contributed by atoms with Gasteiger partial charge in [-0.05, 0) is 30.8 Å². The van der Waals surface area contributed by atoms with Crippen LogP contribution in [0.25, 0.3) is 0 Å². The molecule has 0 aliphatic heterocycles. The number of rotatable bonds is 8. The Hall–Kier alpha value is -2.62. The Kier molecular flexibility index (Phi) is 8.04. The van der Waals surface area contributed by atoms with Gasteiger partial charge in [-0.3, -0.25) is 19.3 Å². The van der Waals surface area contributed by atoms with E-state index in [-0.39, 0.29) is 19.0 Å². The van der Waals surface area contributed by atoms with Gasteiger partial charge in [0, 0.05) is 18.3 Å². The maximum absolute atomic E-state index is 12.1. The van der Waals surface area contributed by atoms with Crippen molar-refractivity contribution in [3.8, 4) is 0 Å². The minimum absolute atomic E-state index is 0.149. The molecule has 1 aromatic carbocycles. The molecule has 0 heterocycles. The number of anilines is 2. The highest BCUT2D eigenvalue weighted by atomic mass is 19.4. The van der Waals surface area contributed by atoms with E-state index in [1.807, 2.05) is 0 Å². The molecule has 0 bridgehead atoms. The third-order valence-corrected chi connectivity index (χ3v) is 3.16. The first-order valence-corrected chi connectivity index (χ1v) is 7.82. The van der Waals surface area contributed by atoms with Gasteiger partial charge in [-0.1, -0.05) is 6.92 Å². The summed E-state index contributed by atoms with van der Waals surface area (Å²) in [6.45, 7) is 1.50. The van der Waals surface area contributed by atoms with Gasteiger partial charge < -0.3 is 16.0 Å². The molecule has 0 aromatic heterocycles. The minimum atomic E-state index is -4.48. The highest BCUT2D eigenvalue weighted by Crippen LogP contribution is 2.14. The summed E-state index contributed by atoms with van der Waals surface area (Å²) in [5, 5.41) is 6.96. The molecule has 0 aliphatic carbocycles. The number of carbonyl (C=O) groups is 3.